The summed E-state index contributed by atoms with van der Waals surface area (Å²) in [6.45, 7) is 3.38. The predicted octanol–water partition coefficient (Wildman–Crippen LogP) is 0.500. The fraction of sp³-hybridized carbons (Fsp3) is 0.444. The normalized spacial score (nSPS) is 17.4. The van der Waals surface area contributed by atoms with Gasteiger partial charge in [0, 0.05) is 19.3 Å². The fourth-order valence-corrected chi connectivity index (χ4v) is 1.49. The van der Waals surface area contributed by atoms with Crippen molar-refractivity contribution in [3.05, 3.63) is 18.5 Å². The van der Waals surface area contributed by atoms with Crippen molar-refractivity contribution in [3.63, 3.8) is 0 Å². The molecule has 0 spiro atoms. The summed E-state index contributed by atoms with van der Waals surface area (Å²) in [4.78, 5) is 6.18. The lowest BCUT2D eigenvalue weighted by Crippen LogP contribution is -2.36. The van der Waals surface area contributed by atoms with Crippen LogP contribution in [0.25, 0.3) is 0 Å². The Morgan fingerprint density at radius 3 is 2.85 bits per heavy atom. The van der Waals surface area contributed by atoms with Crippen LogP contribution in [0.2, 0.25) is 0 Å². The van der Waals surface area contributed by atoms with Gasteiger partial charge in [0.2, 0.25) is 0 Å². The largest absolute Gasteiger partial charge is 0.396 e. The molecule has 1 aromatic heterocycles. The molecule has 2 N–H and O–H groups in total. The van der Waals surface area contributed by atoms with Crippen LogP contribution in [-0.4, -0.2) is 31.3 Å². The second-order valence-electron chi connectivity index (χ2n) is 3.03. The number of nitrogens with two attached hydrogens (primary N) is 1. The van der Waals surface area contributed by atoms with Crippen LogP contribution < -0.4 is 10.6 Å². The molecule has 2 rings (SSSR count). The molecule has 1 fully saturated rings. The first-order chi connectivity index (χ1) is 6.38. The average molecular weight is 179 g/mol. The zero-order chi connectivity index (χ0) is 9.10. The summed E-state index contributed by atoms with van der Waals surface area (Å²) in [6, 6.07) is 1.95. The summed E-state index contributed by atoms with van der Waals surface area (Å²) < 4.78 is 5.26. The van der Waals surface area contributed by atoms with Crippen LogP contribution in [0.1, 0.15) is 0 Å². The summed E-state index contributed by atoms with van der Waals surface area (Å²) >= 11 is 0. The van der Waals surface area contributed by atoms with Crippen molar-refractivity contribution in [1.82, 2.24) is 4.98 Å². The summed E-state index contributed by atoms with van der Waals surface area (Å²) in [5.41, 5.74) is 7.61. The van der Waals surface area contributed by atoms with Crippen molar-refractivity contribution in [1.29, 1.82) is 0 Å². The molecule has 0 radical (unpaired) electrons. The molecule has 1 aliphatic rings. The molecule has 0 amide bonds. The summed E-state index contributed by atoms with van der Waals surface area (Å²) in [7, 11) is 0. The van der Waals surface area contributed by atoms with Gasteiger partial charge in [-0.15, -0.1) is 0 Å². The first-order valence-electron chi connectivity index (χ1n) is 4.40. The van der Waals surface area contributed by atoms with E-state index in [1.807, 2.05) is 6.07 Å². The Kier molecular flexibility index (Phi) is 2.31. The van der Waals surface area contributed by atoms with Gasteiger partial charge in [-0.1, -0.05) is 0 Å². The highest BCUT2D eigenvalue weighted by atomic mass is 16.5. The minimum atomic E-state index is 0.740. The number of nitrogen functional groups attached to an aromatic ring is 1. The third kappa shape index (κ3) is 1.72. The van der Waals surface area contributed by atoms with Crippen molar-refractivity contribution < 1.29 is 4.74 Å². The molecule has 70 valence electrons. The standard InChI is InChI=1S/C9H13N3O/c10-8-7-11-2-1-9(8)12-3-5-13-6-4-12/h1-2,7H,3-6,10H2. The number of hydrogen-bond donors (Lipinski definition) is 1. The lowest BCUT2D eigenvalue weighted by atomic mass is 10.3. The van der Waals surface area contributed by atoms with Crippen molar-refractivity contribution in [3.8, 4) is 0 Å². The number of aromatic nitrogens is 1. The summed E-state index contributed by atoms with van der Waals surface area (Å²) in [6.07, 6.45) is 3.45. The van der Waals surface area contributed by atoms with Crippen molar-refractivity contribution in [2.75, 3.05) is 36.9 Å². The number of nitrogens with zero attached hydrogens (tertiary/aromatic N) is 2. The molecule has 1 saturated heterocycles. The smallest absolute Gasteiger partial charge is 0.0738 e. The van der Waals surface area contributed by atoms with Crippen molar-refractivity contribution in [2.45, 2.75) is 0 Å². The second-order valence-corrected chi connectivity index (χ2v) is 3.03. The lowest BCUT2D eigenvalue weighted by molar-refractivity contribution is 0.123. The highest BCUT2D eigenvalue weighted by Gasteiger charge is 2.12. The van der Waals surface area contributed by atoms with Crippen LogP contribution in [-0.2, 0) is 4.74 Å². The number of anilines is 2. The molecule has 1 aliphatic heterocycles. The van der Waals surface area contributed by atoms with Crippen LogP contribution in [0.5, 0.6) is 0 Å². The van der Waals surface area contributed by atoms with Gasteiger partial charge in [0.15, 0.2) is 0 Å². The number of hydrogen-bond acceptors (Lipinski definition) is 4. The molecule has 0 aliphatic carbocycles. The third-order valence-electron chi connectivity index (χ3n) is 2.18. The van der Waals surface area contributed by atoms with Gasteiger partial charge in [-0.25, -0.2) is 0 Å². The summed E-state index contributed by atoms with van der Waals surface area (Å²) in [5.74, 6) is 0. The van der Waals surface area contributed by atoms with Gasteiger partial charge in [-0.3, -0.25) is 4.98 Å². The molecule has 2 heterocycles. The Bertz CT molecular complexity index is 284. The number of pyridine rings is 1. The Balaban J connectivity index is 2.18. The molecule has 0 saturated carbocycles. The molecule has 13 heavy (non-hydrogen) atoms. The first kappa shape index (κ1) is 8.31. The van der Waals surface area contributed by atoms with E-state index in [1.165, 1.54) is 0 Å². The topological polar surface area (TPSA) is 51.4 Å². The minimum absolute atomic E-state index is 0.740. The maximum atomic E-state index is 5.81. The predicted molar refractivity (Wildman–Crippen MR) is 51.7 cm³/mol. The van der Waals surface area contributed by atoms with Gasteiger partial charge < -0.3 is 15.4 Å². The second kappa shape index (κ2) is 3.62. The zero-order valence-corrected chi connectivity index (χ0v) is 7.44. The Hall–Kier alpha value is -1.29. The van der Waals surface area contributed by atoms with E-state index in [1.54, 1.807) is 12.4 Å². The van der Waals surface area contributed by atoms with Gasteiger partial charge in [-0.05, 0) is 6.07 Å². The molecule has 1 aromatic rings. The molecule has 0 bridgehead atoms. The number of rotatable bonds is 1. The van der Waals surface area contributed by atoms with Gasteiger partial charge in [0.25, 0.3) is 0 Å². The first-order valence-corrected chi connectivity index (χ1v) is 4.40. The van der Waals surface area contributed by atoms with E-state index in [4.69, 9.17) is 10.5 Å². The molecular weight excluding hydrogens is 166 g/mol. The van der Waals surface area contributed by atoms with Crippen molar-refractivity contribution in [2.24, 2.45) is 0 Å². The third-order valence-corrected chi connectivity index (χ3v) is 2.18. The van der Waals surface area contributed by atoms with Crippen LogP contribution in [0.3, 0.4) is 0 Å². The highest BCUT2D eigenvalue weighted by molar-refractivity contribution is 5.66. The fourth-order valence-electron chi connectivity index (χ4n) is 1.49. The molecule has 0 atom stereocenters. The van der Waals surface area contributed by atoms with Gasteiger partial charge >= 0.3 is 0 Å². The van der Waals surface area contributed by atoms with E-state index in [-0.39, 0.29) is 0 Å². The Morgan fingerprint density at radius 1 is 1.38 bits per heavy atom. The number of morpholine rings is 1. The van der Waals surface area contributed by atoms with E-state index in [2.05, 4.69) is 9.88 Å². The quantitative estimate of drug-likeness (QED) is 0.682. The number of ether oxygens (including phenoxy) is 1. The molecule has 0 unspecified atom stereocenters. The molecular formula is C9H13N3O. The van der Waals surface area contributed by atoms with E-state index < -0.39 is 0 Å². The van der Waals surface area contributed by atoms with Crippen LogP contribution in [0.4, 0.5) is 11.4 Å². The average Bonchev–Trinajstić information content (AvgIpc) is 2.20. The van der Waals surface area contributed by atoms with E-state index >= 15 is 0 Å². The van der Waals surface area contributed by atoms with Crippen LogP contribution in [0, 0.1) is 0 Å². The maximum Gasteiger partial charge on any atom is 0.0738 e. The van der Waals surface area contributed by atoms with Gasteiger partial charge in [-0.2, -0.15) is 0 Å². The van der Waals surface area contributed by atoms with Gasteiger partial charge in [0.05, 0.1) is 30.8 Å². The zero-order valence-electron chi connectivity index (χ0n) is 7.44. The molecule has 4 nitrogen and oxygen atoms in total. The van der Waals surface area contributed by atoms with E-state index in [0.29, 0.717) is 0 Å². The Morgan fingerprint density at radius 2 is 2.15 bits per heavy atom. The van der Waals surface area contributed by atoms with Crippen LogP contribution in [0.15, 0.2) is 18.5 Å². The highest BCUT2D eigenvalue weighted by Crippen LogP contribution is 2.21. The summed E-state index contributed by atoms with van der Waals surface area (Å²) in [5, 5.41) is 0. The maximum absolute atomic E-state index is 5.81. The lowest BCUT2D eigenvalue weighted by Gasteiger charge is -2.29. The van der Waals surface area contributed by atoms with Crippen LogP contribution >= 0.6 is 0 Å². The molecule has 4 heteroatoms. The van der Waals surface area contributed by atoms with E-state index in [9.17, 15) is 0 Å². The van der Waals surface area contributed by atoms with E-state index in [0.717, 1.165) is 37.7 Å². The van der Waals surface area contributed by atoms with Crippen molar-refractivity contribution >= 4 is 11.4 Å². The monoisotopic (exact) mass is 179 g/mol. The molecule has 0 aromatic carbocycles. The Labute approximate surface area is 77.3 Å². The SMILES string of the molecule is Nc1cnccc1N1CCOCC1. The minimum Gasteiger partial charge on any atom is -0.396 e. The van der Waals surface area contributed by atoms with Gasteiger partial charge in [0.1, 0.15) is 0 Å².